The number of ether oxygens (including phenoxy) is 3. The molecule has 1 aromatic heterocycles. The van der Waals surface area contributed by atoms with Gasteiger partial charge in [0.2, 0.25) is 0 Å². The Morgan fingerprint density at radius 1 is 1.00 bits per heavy atom. The van der Waals surface area contributed by atoms with Crippen LogP contribution in [0.4, 0.5) is 5.13 Å². The monoisotopic (exact) mass is 532 g/mol. The standard InChI is InChI=1S/C28H24N2O7S/c1-4-37-18-10-11-19-22(14-18)38-28(29-19)30-24(16-7-12-20(31)21(13-16)36-3)23(26(33)27(30)34)25(32)15-5-8-17(35-2)9-6-15/h5-14,24,31-32H,4H2,1-3H3/b25-23+. The number of ketones is 1. The highest BCUT2D eigenvalue weighted by atomic mass is 32.1. The van der Waals surface area contributed by atoms with Crippen LogP contribution in [0, 0.1) is 0 Å². The van der Waals surface area contributed by atoms with Crippen LogP contribution in [0.25, 0.3) is 16.0 Å². The van der Waals surface area contributed by atoms with Crippen LogP contribution in [0.1, 0.15) is 24.1 Å². The van der Waals surface area contributed by atoms with E-state index in [0.29, 0.717) is 34.7 Å². The third kappa shape index (κ3) is 4.28. The van der Waals surface area contributed by atoms with Crippen molar-refractivity contribution in [2.45, 2.75) is 13.0 Å². The van der Waals surface area contributed by atoms with Gasteiger partial charge in [0.05, 0.1) is 42.7 Å². The normalized spacial score (nSPS) is 16.7. The van der Waals surface area contributed by atoms with Gasteiger partial charge in [-0.1, -0.05) is 17.4 Å². The van der Waals surface area contributed by atoms with E-state index >= 15 is 0 Å². The highest BCUT2D eigenvalue weighted by Crippen LogP contribution is 2.46. The lowest BCUT2D eigenvalue weighted by atomic mass is 9.95. The van der Waals surface area contributed by atoms with Gasteiger partial charge in [-0.3, -0.25) is 14.5 Å². The van der Waals surface area contributed by atoms with Gasteiger partial charge in [-0.05, 0) is 67.1 Å². The minimum atomic E-state index is -1.03. The van der Waals surface area contributed by atoms with Crippen LogP contribution in [-0.4, -0.2) is 47.7 Å². The number of phenols is 1. The molecule has 1 atom stereocenters. The fraction of sp³-hybridized carbons (Fsp3) is 0.179. The molecule has 1 unspecified atom stereocenters. The molecular weight excluding hydrogens is 508 g/mol. The van der Waals surface area contributed by atoms with Gasteiger partial charge >= 0.3 is 5.91 Å². The fourth-order valence-electron chi connectivity index (χ4n) is 4.37. The van der Waals surface area contributed by atoms with E-state index in [2.05, 4.69) is 4.98 Å². The van der Waals surface area contributed by atoms with Crippen molar-refractivity contribution in [1.82, 2.24) is 4.98 Å². The quantitative estimate of drug-likeness (QED) is 0.193. The number of carbonyl (C=O) groups is 2. The van der Waals surface area contributed by atoms with Crippen LogP contribution in [0.15, 0.2) is 66.2 Å². The lowest BCUT2D eigenvalue weighted by Crippen LogP contribution is -2.29. The summed E-state index contributed by atoms with van der Waals surface area (Å²) in [6.07, 6.45) is 0. The summed E-state index contributed by atoms with van der Waals surface area (Å²) < 4.78 is 16.8. The van der Waals surface area contributed by atoms with Crippen molar-refractivity contribution >= 4 is 44.1 Å². The van der Waals surface area contributed by atoms with Gasteiger partial charge in [0.1, 0.15) is 17.3 Å². The number of benzene rings is 3. The molecule has 0 spiro atoms. The maximum absolute atomic E-state index is 13.5. The van der Waals surface area contributed by atoms with E-state index in [0.717, 1.165) is 4.70 Å². The highest BCUT2D eigenvalue weighted by Gasteiger charge is 2.48. The molecule has 0 bridgehead atoms. The van der Waals surface area contributed by atoms with E-state index in [4.69, 9.17) is 14.2 Å². The Morgan fingerprint density at radius 2 is 1.74 bits per heavy atom. The number of aliphatic hydroxyl groups excluding tert-OH is 1. The number of carbonyl (C=O) groups excluding carboxylic acids is 2. The van der Waals surface area contributed by atoms with Crippen LogP contribution in [0.5, 0.6) is 23.0 Å². The molecule has 1 aliphatic rings. The number of aromatic nitrogens is 1. The van der Waals surface area contributed by atoms with Gasteiger partial charge in [0, 0.05) is 5.56 Å². The van der Waals surface area contributed by atoms with E-state index < -0.39 is 17.7 Å². The molecule has 0 saturated carbocycles. The zero-order valence-electron chi connectivity index (χ0n) is 20.8. The molecule has 4 aromatic rings. The largest absolute Gasteiger partial charge is 0.507 e. The van der Waals surface area contributed by atoms with Crippen molar-refractivity contribution in [2.75, 3.05) is 25.7 Å². The zero-order valence-corrected chi connectivity index (χ0v) is 21.6. The average Bonchev–Trinajstić information content (AvgIpc) is 3.46. The number of phenolic OH excluding ortho intramolecular Hbond substituents is 1. The van der Waals surface area contributed by atoms with Crippen molar-refractivity contribution in [2.24, 2.45) is 0 Å². The van der Waals surface area contributed by atoms with Crippen molar-refractivity contribution in [3.05, 3.63) is 77.4 Å². The number of aromatic hydroxyl groups is 1. The Hall–Kier alpha value is -4.57. The topological polar surface area (TPSA) is 118 Å². The summed E-state index contributed by atoms with van der Waals surface area (Å²) in [4.78, 5) is 32.8. The van der Waals surface area contributed by atoms with Crippen molar-refractivity contribution in [3.8, 4) is 23.0 Å². The van der Waals surface area contributed by atoms with Crippen molar-refractivity contribution < 1.29 is 34.0 Å². The van der Waals surface area contributed by atoms with Crippen molar-refractivity contribution in [3.63, 3.8) is 0 Å². The summed E-state index contributed by atoms with van der Waals surface area (Å²) in [6.45, 7) is 2.39. The number of amides is 1. The van der Waals surface area contributed by atoms with Crippen LogP contribution in [-0.2, 0) is 9.59 Å². The average molecular weight is 533 g/mol. The van der Waals surface area contributed by atoms with E-state index in [1.807, 2.05) is 13.0 Å². The Labute approximate surface area is 222 Å². The van der Waals surface area contributed by atoms with E-state index in [9.17, 15) is 19.8 Å². The minimum absolute atomic E-state index is 0.105. The lowest BCUT2D eigenvalue weighted by molar-refractivity contribution is -0.132. The molecule has 1 amide bonds. The molecule has 9 nitrogen and oxygen atoms in total. The first-order valence-corrected chi connectivity index (χ1v) is 12.5. The zero-order chi connectivity index (χ0) is 27.0. The molecule has 0 radical (unpaired) electrons. The van der Waals surface area contributed by atoms with Crippen LogP contribution in [0.3, 0.4) is 0 Å². The summed E-state index contributed by atoms with van der Waals surface area (Å²) >= 11 is 1.23. The number of Topliss-reactive ketones (excluding diaryl/α,β-unsaturated/α-hetero) is 1. The maximum atomic E-state index is 13.5. The predicted octanol–water partition coefficient (Wildman–Crippen LogP) is 5.04. The first-order valence-electron chi connectivity index (χ1n) is 11.7. The number of thiazole rings is 1. The molecule has 1 saturated heterocycles. The first-order chi connectivity index (χ1) is 18.4. The first kappa shape index (κ1) is 25.1. The molecule has 10 heteroatoms. The van der Waals surface area contributed by atoms with Crippen LogP contribution < -0.4 is 19.1 Å². The number of aliphatic hydroxyl groups is 1. The SMILES string of the molecule is CCOc1ccc2nc(N3C(=O)C(=O)/C(=C(/O)c4ccc(OC)cc4)C3c3ccc(O)c(OC)c3)sc2c1. The number of hydrogen-bond donors (Lipinski definition) is 2. The van der Waals surface area contributed by atoms with Gasteiger partial charge in [-0.25, -0.2) is 4.98 Å². The van der Waals surface area contributed by atoms with Gasteiger partial charge in [0.25, 0.3) is 5.78 Å². The number of anilines is 1. The number of hydrogen-bond acceptors (Lipinski definition) is 9. The molecule has 194 valence electrons. The summed E-state index contributed by atoms with van der Waals surface area (Å²) in [5.41, 5.74) is 1.31. The Bertz CT molecular complexity index is 1580. The smallest absolute Gasteiger partial charge is 0.301 e. The fourth-order valence-corrected chi connectivity index (χ4v) is 5.39. The number of methoxy groups -OCH3 is 2. The van der Waals surface area contributed by atoms with Crippen LogP contribution >= 0.6 is 11.3 Å². The summed E-state index contributed by atoms with van der Waals surface area (Å²) in [6, 6.07) is 15.4. The summed E-state index contributed by atoms with van der Waals surface area (Å²) in [5.74, 6) is -0.745. The minimum Gasteiger partial charge on any atom is -0.507 e. The number of rotatable bonds is 7. The third-order valence-corrected chi connectivity index (χ3v) is 7.21. The number of nitrogens with zero attached hydrogens (tertiary/aromatic N) is 2. The maximum Gasteiger partial charge on any atom is 0.301 e. The molecule has 1 fully saturated rings. The molecule has 3 aromatic carbocycles. The van der Waals surface area contributed by atoms with E-state index in [-0.39, 0.29) is 28.0 Å². The highest BCUT2D eigenvalue weighted by molar-refractivity contribution is 7.22. The lowest BCUT2D eigenvalue weighted by Gasteiger charge is -2.23. The van der Waals surface area contributed by atoms with E-state index in [1.165, 1.54) is 42.6 Å². The molecule has 2 heterocycles. The second-order valence-corrected chi connectivity index (χ2v) is 9.40. The van der Waals surface area contributed by atoms with Gasteiger partial charge in [-0.2, -0.15) is 0 Å². The van der Waals surface area contributed by atoms with Crippen LogP contribution in [0.2, 0.25) is 0 Å². The Balaban J connectivity index is 1.70. The summed E-state index contributed by atoms with van der Waals surface area (Å²) in [5, 5.41) is 21.8. The molecule has 0 aliphatic carbocycles. The predicted molar refractivity (Wildman–Crippen MR) is 143 cm³/mol. The molecule has 1 aliphatic heterocycles. The molecule has 38 heavy (non-hydrogen) atoms. The Kier molecular flexibility index (Phi) is 6.64. The number of fused-ring (bicyclic) bond motifs is 1. The second kappa shape index (κ2) is 10.1. The summed E-state index contributed by atoms with van der Waals surface area (Å²) in [7, 11) is 2.92. The molecule has 2 N–H and O–H groups in total. The third-order valence-electron chi connectivity index (χ3n) is 6.19. The van der Waals surface area contributed by atoms with E-state index in [1.54, 1.807) is 42.5 Å². The van der Waals surface area contributed by atoms with Gasteiger partial charge < -0.3 is 24.4 Å². The van der Waals surface area contributed by atoms with Gasteiger partial charge in [0.15, 0.2) is 16.6 Å². The Morgan fingerprint density at radius 3 is 2.42 bits per heavy atom. The van der Waals surface area contributed by atoms with Gasteiger partial charge in [-0.15, -0.1) is 0 Å². The van der Waals surface area contributed by atoms with Crippen molar-refractivity contribution in [1.29, 1.82) is 0 Å². The second-order valence-electron chi connectivity index (χ2n) is 8.39. The molecule has 5 rings (SSSR count). The molecular formula is C28H24N2O7S.